The summed E-state index contributed by atoms with van der Waals surface area (Å²) in [6.45, 7) is 0. The van der Waals surface area contributed by atoms with E-state index in [-0.39, 0.29) is 0 Å². The second kappa shape index (κ2) is 20.8. The molecule has 1 aliphatic rings. The largest absolute Gasteiger partial charge is 0.305 e. The predicted octanol–water partition coefficient (Wildman–Crippen LogP) is 17.7. The van der Waals surface area contributed by atoms with Gasteiger partial charge in [-0.2, -0.15) is 0 Å². The summed E-state index contributed by atoms with van der Waals surface area (Å²) in [6, 6.07) is 97.4. The minimum atomic E-state index is 0.470. The fourth-order valence-corrected chi connectivity index (χ4v) is 10.5. The van der Waals surface area contributed by atoms with Crippen LogP contribution in [0.2, 0.25) is 0 Å². The fraction of sp³-hybridized carbons (Fsp3) is 0. The smallest absolute Gasteiger partial charge is 0.235 e. The van der Waals surface area contributed by atoms with Gasteiger partial charge in [-0.3, -0.25) is 4.90 Å². The van der Waals surface area contributed by atoms with Gasteiger partial charge < -0.3 is 4.90 Å². The molecule has 10 aromatic carbocycles. The summed E-state index contributed by atoms with van der Waals surface area (Å²) in [4.78, 5) is 42.4. The van der Waals surface area contributed by atoms with Crippen LogP contribution in [0.5, 0.6) is 0 Å². The van der Waals surface area contributed by atoms with E-state index < -0.39 is 0 Å². The highest BCUT2D eigenvalue weighted by atomic mass is 15.3. The number of benzene rings is 10. The Kier molecular flexibility index (Phi) is 12.3. The van der Waals surface area contributed by atoms with E-state index in [1.165, 1.54) is 0 Å². The first-order chi connectivity index (χ1) is 39.7. The average molecular weight is 1030 g/mol. The second-order valence-corrected chi connectivity index (χ2v) is 19.3. The molecule has 4 heterocycles. The van der Waals surface area contributed by atoms with E-state index in [1.807, 2.05) is 140 Å². The molecule has 3 aromatic heterocycles. The van der Waals surface area contributed by atoms with E-state index in [2.05, 4.69) is 155 Å². The molecule has 0 unspecified atom stereocenters. The molecule has 80 heavy (non-hydrogen) atoms. The lowest BCUT2D eigenvalue weighted by Crippen LogP contribution is -2.26. The summed E-state index contributed by atoms with van der Waals surface area (Å²) >= 11 is 0. The molecule has 0 N–H and O–H groups in total. The molecular weight excluding hydrogens is 979 g/mol. The van der Waals surface area contributed by atoms with Gasteiger partial charge in [0.2, 0.25) is 5.95 Å². The molecule has 1 aliphatic heterocycles. The number of anilines is 6. The van der Waals surface area contributed by atoms with E-state index in [0.717, 1.165) is 107 Å². The number of fused-ring (bicyclic) bond motifs is 2. The molecule has 0 saturated carbocycles. The first-order valence-corrected chi connectivity index (χ1v) is 26.6. The van der Waals surface area contributed by atoms with Crippen LogP contribution >= 0.6 is 0 Å². The van der Waals surface area contributed by atoms with Crippen LogP contribution in [-0.4, -0.2) is 34.9 Å². The SMILES string of the molecule is c1ccc(-c2cc(-c3ccccc3)nc(-c3cc(-c4ccccc4)c(N4c5ccccc5N(c5nc(-c6ccccc6)cc(-c6ccccc6)n5)c5ccccc54)c(-c4nc(-c5ccccc5)nc(-c5ccccc5)n4)c3)n2)cc1. The van der Waals surface area contributed by atoms with Gasteiger partial charge in [-0.05, 0) is 54.1 Å². The molecule has 9 nitrogen and oxygen atoms in total. The van der Waals surface area contributed by atoms with Gasteiger partial charge in [-0.25, -0.2) is 34.9 Å². The molecule has 0 fully saturated rings. The van der Waals surface area contributed by atoms with E-state index in [1.54, 1.807) is 0 Å². The van der Waals surface area contributed by atoms with Crippen LogP contribution in [0.4, 0.5) is 34.4 Å². The molecular formula is C71H47N9. The summed E-state index contributed by atoms with van der Waals surface area (Å²) < 4.78 is 0. The van der Waals surface area contributed by atoms with Crippen molar-refractivity contribution in [1.82, 2.24) is 34.9 Å². The molecule has 0 radical (unpaired) electrons. The van der Waals surface area contributed by atoms with Crippen LogP contribution < -0.4 is 9.80 Å². The molecule has 0 atom stereocenters. The first kappa shape index (κ1) is 47.4. The topological polar surface area (TPSA) is 96.7 Å². The zero-order valence-electron chi connectivity index (χ0n) is 43.2. The third kappa shape index (κ3) is 9.10. The van der Waals surface area contributed by atoms with Gasteiger partial charge in [-0.15, -0.1) is 0 Å². The maximum Gasteiger partial charge on any atom is 0.235 e. The number of hydrogen-bond acceptors (Lipinski definition) is 9. The lowest BCUT2D eigenvalue weighted by atomic mass is 9.93. The molecule has 13 aromatic rings. The van der Waals surface area contributed by atoms with Crippen LogP contribution in [0.3, 0.4) is 0 Å². The third-order valence-electron chi connectivity index (χ3n) is 14.3. The van der Waals surface area contributed by atoms with Crippen LogP contribution in [0.25, 0.3) is 102 Å². The summed E-state index contributed by atoms with van der Waals surface area (Å²) in [6.07, 6.45) is 0. The van der Waals surface area contributed by atoms with Crippen molar-refractivity contribution in [2.24, 2.45) is 0 Å². The van der Waals surface area contributed by atoms with E-state index in [4.69, 9.17) is 34.9 Å². The number of nitrogens with zero attached hydrogens (tertiary/aromatic N) is 9. The van der Waals surface area contributed by atoms with Crippen molar-refractivity contribution in [2.75, 3.05) is 9.80 Å². The summed E-state index contributed by atoms with van der Waals surface area (Å²) in [5.74, 6) is 2.63. The zero-order chi connectivity index (χ0) is 53.2. The van der Waals surface area contributed by atoms with Gasteiger partial charge in [0.15, 0.2) is 23.3 Å². The maximum absolute atomic E-state index is 5.49. The lowest BCUT2D eigenvalue weighted by Gasteiger charge is -2.40. The Morgan fingerprint density at radius 3 is 0.875 bits per heavy atom. The quantitative estimate of drug-likeness (QED) is 0.125. The number of para-hydroxylation sites is 4. The predicted molar refractivity (Wildman–Crippen MR) is 323 cm³/mol. The molecule has 0 spiro atoms. The molecule has 0 bridgehead atoms. The van der Waals surface area contributed by atoms with Crippen molar-refractivity contribution in [3.8, 4) is 102 Å². The lowest BCUT2D eigenvalue weighted by molar-refractivity contribution is 1.06. The Labute approximate surface area is 463 Å². The van der Waals surface area contributed by atoms with Crippen molar-refractivity contribution in [3.05, 3.63) is 285 Å². The van der Waals surface area contributed by atoms with E-state index in [9.17, 15) is 0 Å². The van der Waals surface area contributed by atoms with Crippen LogP contribution in [-0.2, 0) is 0 Å². The minimum Gasteiger partial charge on any atom is -0.305 e. The fourth-order valence-electron chi connectivity index (χ4n) is 10.5. The number of hydrogen-bond donors (Lipinski definition) is 0. The molecule has 376 valence electrons. The van der Waals surface area contributed by atoms with Crippen LogP contribution in [0.1, 0.15) is 0 Å². The van der Waals surface area contributed by atoms with Crippen molar-refractivity contribution < 1.29 is 0 Å². The van der Waals surface area contributed by atoms with Gasteiger partial charge in [0.05, 0.1) is 51.2 Å². The molecule has 0 amide bonds. The maximum atomic E-state index is 5.49. The monoisotopic (exact) mass is 1030 g/mol. The molecule has 9 heteroatoms. The standard InChI is InChI=1S/C71H47N9/c1-8-26-48(27-9-1)56-44-55(69-72-58(49-28-10-2-11-29-49)46-59(73-69)50-30-12-3-13-31-50)45-57(70-77-67(53-36-18-6-19-37-53)76-68(78-70)54-38-20-7-21-39-54)66(56)79-62-40-22-24-42-64(62)80(65-43-25-23-41-63(65)79)71-74-60(51-32-14-4-15-33-51)47-61(75-71)52-34-16-5-17-35-52/h1-47H. The van der Waals surface area contributed by atoms with Crippen LogP contribution in [0, 0.1) is 0 Å². The second-order valence-electron chi connectivity index (χ2n) is 19.3. The van der Waals surface area contributed by atoms with Gasteiger partial charge >= 0.3 is 0 Å². The average Bonchev–Trinajstić information content (AvgIpc) is 3.64. The zero-order valence-corrected chi connectivity index (χ0v) is 43.2. The highest BCUT2D eigenvalue weighted by molar-refractivity contribution is 6.07. The Balaban J connectivity index is 1.07. The normalized spacial score (nSPS) is 11.7. The number of aromatic nitrogens is 7. The van der Waals surface area contributed by atoms with E-state index in [0.29, 0.717) is 29.2 Å². The Hall–Kier alpha value is -11.0. The van der Waals surface area contributed by atoms with Gasteiger partial charge in [-0.1, -0.05) is 237 Å². The molecule has 0 aliphatic carbocycles. The third-order valence-corrected chi connectivity index (χ3v) is 14.3. The summed E-state index contributed by atoms with van der Waals surface area (Å²) in [7, 11) is 0. The van der Waals surface area contributed by atoms with Crippen molar-refractivity contribution >= 4 is 34.4 Å². The molecule has 0 saturated heterocycles. The summed E-state index contributed by atoms with van der Waals surface area (Å²) in [5.41, 5.74) is 16.6. The van der Waals surface area contributed by atoms with Gasteiger partial charge in [0.25, 0.3) is 0 Å². The van der Waals surface area contributed by atoms with Crippen molar-refractivity contribution in [1.29, 1.82) is 0 Å². The van der Waals surface area contributed by atoms with Crippen LogP contribution in [0.15, 0.2) is 285 Å². The Morgan fingerprint density at radius 2 is 0.487 bits per heavy atom. The molecule has 14 rings (SSSR count). The van der Waals surface area contributed by atoms with Crippen molar-refractivity contribution in [3.63, 3.8) is 0 Å². The highest BCUT2D eigenvalue weighted by Gasteiger charge is 2.36. The number of rotatable bonds is 11. The summed E-state index contributed by atoms with van der Waals surface area (Å²) in [5, 5.41) is 0. The highest BCUT2D eigenvalue weighted by Crippen LogP contribution is 2.57. The first-order valence-electron chi connectivity index (χ1n) is 26.6. The van der Waals surface area contributed by atoms with Gasteiger partial charge in [0, 0.05) is 50.1 Å². The van der Waals surface area contributed by atoms with Gasteiger partial charge in [0.1, 0.15) is 0 Å². The Morgan fingerprint density at radius 1 is 0.200 bits per heavy atom. The van der Waals surface area contributed by atoms with E-state index >= 15 is 0 Å². The Bertz CT molecular complexity index is 4120. The minimum absolute atomic E-state index is 0.470. The van der Waals surface area contributed by atoms with Crippen molar-refractivity contribution in [2.45, 2.75) is 0 Å².